The number of urea groups is 1. The Morgan fingerprint density at radius 3 is 2.54 bits per heavy atom. The molecule has 8 heteroatoms. The highest BCUT2D eigenvalue weighted by atomic mass is 16.5. The minimum absolute atomic E-state index is 0.0125. The van der Waals surface area contributed by atoms with Crippen LogP contribution in [-0.4, -0.2) is 66.0 Å². The van der Waals surface area contributed by atoms with Crippen molar-refractivity contribution in [3.8, 4) is 11.5 Å². The van der Waals surface area contributed by atoms with Gasteiger partial charge >= 0.3 is 6.03 Å². The number of piperidine rings is 1. The van der Waals surface area contributed by atoms with Gasteiger partial charge in [0.15, 0.2) is 5.76 Å². The van der Waals surface area contributed by atoms with Crippen LogP contribution in [-0.2, 0) is 6.54 Å². The van der Waals surface area contributed by atoms with E-state index in [0.29, 0.717) is 50.5 Å². The highest BCUT2D eigenvalue weighted by molar-refractivity contribution is 5.99. The third-order valence-electron chi connectivity index (χ3n) is 8.83. The minimum Gasteiger partial charge on any atom is -0.497 e. The molecular formula is C31H35N3O5. The van der Waals surface area contributed by atoms with E-state index in [1.165, 1.54) is 0 Å². The standard InChI is InChI=1S/C31H35N3O5/c1-6-34-30(36)33-18-21-16-22(37-4)17-25(38-5)27(21)19(2)15-26(33)31(34)11-13-32(14-12-31)29(35)28-20(3)23-9-7-8-10-24(23)39-28/h7-10,15-17,19H,6,11-14,18H2,1-5H3/t19-/m0/s1. The largest absolute Gasteiger partial charge is 0.497 e. The normalized spacial score (nSPS) is 20.1. The monoisotopic (exact) mass is 529 g/mol. The molecule has 0 bridgehead atoms. The molecule has 39 heavy (non-hydrogen) atoms. The molecule has 4 heterocycles. The van der Waals surface area contributed by atoms with Crippen molar-refractivity contribution in [2.24, 2.45) is 0 Å². The quantitative estimate of drug-likeness (QED) is 0.434. The average Bonchev–Trinajstić information content (AvgIpc) is 3.32. The number of amides is 3. The molecule has 0 radical (unpaired) electrons. The van der Waals surface area contributed by atoms with E-state index in [4.69, 9.17) is 13.9 Å². The first-order valence-corrected chi connectivity index (χ1v) is 13.7. The fourth-order valence-corrected chi connectivity index (χ4v) is 6.87. The zero-order valence-corrected chi connectivity index (χ0v) is 23.2. The molecule has 2 saturated heterocycles. The van der Waals surface area contributed by atoms with Crippen LogP contribution in [0.1, 0.15) is 59.9 Å². The topological polar surface area (TPSA) is 75.5 Å². The summed E-state index contributed by atoms with van der Waals surface area (Å²) in [5, 5.41) is 0.966. The van der Waals surface area contributed by atoms with E-state index in [9.17, 15) is 9.59 Å². The van der Waals surface area contributed by atoms with Gasteiger partial charge in [-0.25, -0.2) is 4.79 Å². The summed E-state index contributed by atoms with van der Waals surface area (Å²) in [5.74, 6) is 1.84. The first kappa shape index (κ1) is 25.3. The number of hydrogen-bond acceptors (Lipinski definition) is 5. The fourth-order valence-electron chi connectivity index (χ4n) is 6.87. The van der Waals surface area contributed by atoms with Crippen molar-refractivity contribution >= 4 is 22.9 Å². The number of rotatable bonds is 4. The number of aryl methyl sites for hydroxylation is 1. The summed E-state index contributed by atoms with van der Waals surface area (Å²) in [6, 6.07) is 11.7. The van der Waals surface area contributed by atoms with Crippen LogP contribution in [0.15, 0.2) is 52.6 Å². The number of likely N-dealkylation sites (N-methyl/N-ethyl adjacent to an activating group) is 1. The second-order valence-corrected chi connectivity index (χ2v) is 10.7. The van der Waals surface area contributed by atoms with Crippen LogP contribution >= 0.6 is 0 Å². The van der Waals surface area contributed by atoms with Crippen LogP contribution in [0.5, 0.6) is 11.5 Å². The van der Waals surface area contributed by atoms with Gasteiger partial charge in [0.25, 0.3) is 5.91 Å². The van der Waals surface area contributed by atoms with Gasteiger partial charge in [-0.15, -0.1) is 0 Å². The van der Waals surface area contributed by atoms with E-state index in [2.05, 4.69) is 13.0 Å². The lowest BCUT2D eigenvalue weighted by Crippen LogP contribution is -2.54. The van der Waals surface area contributed by atoms with Crippen molar-refractivity contribution in [1.82, 2.24) is 14.7 Å². The summed E-state index contributed by atoms with van der Waals surface area (Å²) < 4.78 is 17.3. The number of para-hydroxylation sites is 1. The molecule has 3 amide bonds. The zero-order chi connectivity index (χ0) is 27.5. The van der Waals surface area contributed by atoms with Crippen molar-refractivity contribution in [3.63, 3.8) is 0 Å². The lowest BCUT2D eigenvalue weighted by atomic mass is 9.82. The number of nitrogens with zero attached hydrogens (tertiary/aromatic N) is 3. The summed E-state index contributed by atoms with van der Waals surface area (Å²) in [6.45, 7) is 8.27. The number of likely N-dealkylation sites (tertiary alicyclic amines) is 1. The number of benzene rings is 2. The molecule has 0 N–H and O–H groups in total. The maximum atomic E-state index is 13.9. The second-order valence-electron chi connectivity index (χ2n) is 10.7. The van der Waals surface area contributed by atoms with Crippen LogP contribution in [0.2, 0.25) is 0 Å². The lowest BCUT2D eigenvalue weighted by molar-refractivity contribution is 0.0548. The summed E-state index contributed by atoms with van der Waals surface area (Å²) >= 11 is 0. The Kier molecular flexibility index (Phi) is 6.08. The Morgan fingerprint density at radius 1 is 1.13 bits per heavy atom. The number of allylic oxidation sites excluding steroid dienone is 1. The summed E-state index contributed by atoms with van der Waals surface area (Å²) in [6.07, 6.45) is 3.57. The van der Waals surface area contributed by atoms with Gasteiger partial charge in [-0.2, -0.15) is 0 Å². The maximum Gasteiger partial charge on any atom is 0.325 e. The molecule has 1 atom stereocenters. The Hall–Kier alpha value is -3.94. The van der Waals surface area contributed by atoms with Crippen molar-refractivity contribution in [1.29, 1.82) is 0 Å². The number of carbonyl (C=O) groups is 2. The lowest BCUT2D eigenvalue weighted by Gasteiger charge is -2.44. The van der Waals surface area contributed by atoms with Gasteiger partial charge in [0, 0.05) is 53.8 Å². The molecule has 6 rings (SSSR count). The Bertz CT molecular complexity index is 1500. The Labute approximate surface area is 228 Å². The highest BCUT2D eigenvalue weighted by Crippen LogP contribution is 2.49. The molecule has 3 aromatic rings. The van der Waals surface area contributed by atoms with Gasteiger partial charge in [-0.05, 0) is 44.4 Å². The molecule has 3 aliphatic heterocycles. The Morgan fingerprint density at radius 2 is 1.87 bits per heavy atom. The van der Waals surface area contributed by atoms with E-state index in [1.807, 2.05) is 64.9 Å². The number of ether oxygens (including phenoxy) is 2. The average molecular weight is 530 g/mol. The minimum atomic E-state index is -0.459. The van der Waals surface area contributed by atoms with Crippen molar-refractivity contribution in [2.75, 3.05) is 33.9 Å². The van der Waals surface area contributed by atoms with E-state index in [1.54, 1.807) is 14.2 Å². The fraction of sp³-hybridized carbons (Fsp3) is 0.419. The summed E-state index contributed by atoms with van der Waals surface area (Å²) in [5.41, 5.74) is 4.28. The molecule has 8 nitrogen and oxygen atoms in total. The summed E-state index contributed by atoms with van der Waals surface area (Å²) in [7, 11) is 3.31. The van der Waals surface area contributed by atoms with Crippen LogP contribution in [0.25, 0.3) is 11.0 Å². The number of hydrogen-bond donors (Lipinski definition) is 0. The van der Waals surface area contributed by atoms with Crippen LogP contribution in [0.3, 0.4) is 0 Å². The number of carbonyl (C=O) groups excluding carboxylic acids is 2. The predicted molar refractivity (Wildman–Crippen MR) is 148 cm³/mol. The highest BCUT2D eigenvalue weighted by Gasteiger charge is 2.55. The van der Waals surface area contributed by atoms with Crippen LogP contribution < -0.4 is 9.47 Å². The molecule has 3 aliphatic rings. The molecule has 1 spiro atoms. The molecule has 204 valence electrons. The predicted octanol–water partition coefficient (Wildman–Crippen LogP) is 5.69. The van der Waals surface area contributed by atoms with Gasteiger partial charge in [0.1, 0.15) is 17.1 Å². The van der Waals surface area contributed by atoms with Crippen molar-refractivity contribution in [3.05, 3.63) is 70.6 Å². The summed E-state index contributed by atoms with van der Waals surface area (Å²) in [4.78, 5) is 33.2. The zero-order valence-electron chi connectivity index (χ0n) is 23.2. The van der Waals surface area contributed by atoms with Crippen molar-refractivity contribution < 1.29 is 23.5 Å². The second kappa shape index (κ2) is 9.36. The number of furan rings is 1. The van der Waals surface area contributed by atoms with Crippen LogP contribution in [0.4, 0.5) is 4.79 Å². The maximum absolute atomic E-state index is 13.9. The number of methoxy groups -OCH3 is 2. The van der Waals surface area contributed by atoms with Gasteiger partial charge in [-0.3, -0.25) is 9.69 Å². The van der Waals surface area contributed by atoms with Crippen LogP contribution in [0, 0.1) is 6.92 Å². The van der Waals surface area contributed by atoms with E-state index in [-0.39, 0.29) is 17.9 Å². The van der Waals surface area contributed by atoms with E-state index >= 15 is 0 Å². The van der Waals surface area contributed by atoms with E-state index in [0.717, 1.165) is 39.1 Å². The van der Waals surface area contributed by atoms with Crippen molar-refractivity contribution in [2.45, 2.75) is 51.6 Å². The first-order valence-electron chi connectivity index (χ1n) is 13.7. The van der Waals surface area contributed by atoms with Gasteiger partial charge in [0.05, 0.1) is 26.3 Å². The third kappa shape index (κ3) is 3.72. The number of fused-ring (bicyclic) bond motifs is 4. The smallest absolute Gasteiger partial charge is 0.325 e. The molecule has 0 saturated carbocycles. The third-order valence-corrected chi connectivity index (χ3v) is 8.83. The molecular weight excluding hydrogens is 494 g/mol. The molecule has 2 fully saturated rings. The molecule has 2 aromatic carbocycles. The van der Waals surface area contributed by atoms with Gasteiger partial charge < -0.3 is 23.7 Å². The Balaban J connectivity index is 1.32. The van der Waals surface area contributed by atoms with Gasteiger partial charge in [-0.1, -0.05) is 31.2 Å². The van der Waals surface area contributed by atoms with Gasteiger partial charge in [0.2, 0.25) is 0 Å². The first-order chi connectivity index (χ1) is 18.8. The molecule has 0 unspecified atom stereocenters. The SMILES string of the molecule is CCN1C(=O)N2Cc3cc(OC)cc(OC)c3[C@@H](C)C=C2C12CCN(C(=O)c1oc3ccccc3c1C)CC2. The van der Waals surface area contributed by atoms with E-state index < -0.39 is 5.54 Å². The molecule has 0 aliphatic carbocycles. The molecule has 1 aromatic heterocycles.